The number of nitrogens with zero attached hydrogens (tertiary/aromatic N) is 1. The third kappa shape index (κ3) is 4.40. The third-order valence-corrected chi connectivity index (χ3v) is 6.31. The maximum absolute atomic E-state index is 12.4. The average molecular weight is 422 g/mol. The van der Waals surface area contributed by atoms with Gasteiger partial charge in [0, 0.05) is 18.8 Å². The molecule has 0 aliphatic carbocycles. The lowest BCUT2D eigenvalue weighted by Gasteiger charge is -2.35. The molecule has 1 aliphatic rings. The highest BCUT2D eigenvalue weighted by atomic mass is 32.2. The lowest BCUT2D eigenvalue weighted by molar-refractivity contribution is 0.0398. The molecule has 5 nitrogen and oxygen atoms in total. The largest absolute Gasteiger partial charge is 0.379 e. The van der Waals surface area contributed by atoms with Crippen LogP contribution in [0.2, 0.25) is 0 Å². The zero-order valence-corrected chi connectivity index (χ0v) is 17.3. The van der Waals surface area contributed by atoms with Gasteiger partial charge in [0.1, 0.15) is 16.7 Å². The highest BCUT2D eigenvalue weighted by Crippen LogP contribution is 2.30. The van der Waals surface area contributed by atoms with Crippen LogP contribution in [0.5, 0.6) is 5.75 Å². The average Bonchev–Trinajstić information content (AvgIpc) is 2.80. The van der Waals surface area contributed by atoms with Crippen LogP contribution >= 0.6 is 0 Å². The summed E-state index contributed by atoms with van der Waals surface area (Å²) in [7, 11) is -3.85. The van der Waals surface area contributed by atoms with Gasteiger partial charge < -0.3 is 13.8 Å². The van der Waals surface area contributed by atoms with E-state index >= 15 is 0 Å². The van der Waals surface area contributed by atoms with Gasteiger partial charge >= 0.3 is 10.1 Å². The maximum atomic E-state index is 12.4. The highest BCUT2D eigenvalue weighted by molar-refractivity contribution is 7.87. The Kier molecular flexibility index (Phi) is 5.88. The number of morpholine rings is 1. The second-order valence-corrected chi connectivity index (χ2v) is 8.53. The monoisotopic (exact) mass is 421 g/mol. The molecule has 1 aliphatic heterocycles. The van der Waals surface area contributed by atoms with Gasteiger partial charge in [-0.15, -0.1) is 0 Å². The molecule has 3 aromatic carbocycles. The Morgan fingerprint density at radius 1 is 0.967 bits per heavy atom. The van der Waals surface area contributed by atoms with E-state index in [-0.39, 0.29) is 16.7 Å². The quantitative estimate of drug-likeness (QED) is 0.541. The van der Waals surface area contributed by atoms with Crippen molar-refractivity contribution >= 4 is 21.9 Å². The Hall–Kier alpha value is -3.09. The molecule has 30 heavy (non-hydrogen) atoms. The molecule has 154 valence electrons. The molecule has 0 aromatic heterocycles. The van der Waals surface area contributed by atoms with Crippen molar-refractivity contribution in [3.05, 3.63) is 96.6 Å². The Balaban J connectivity index is 1.48. The standard InChI is InChI=1S/C24H23NO4S/c1-2-19-8-6-7-11-23(19)25-16-17-28-24(18-25)20-12-14-21(15-13-20)29-30(26,27)22-9-4-3-5-10-22/h2-15,24H,1,16-18H2/t24-/m0/s1. The summed E-state index contributed by atoms with van der Waals surface area (Å²) in [5.41, 5.74) is 3.20. The van der Waals surface area contributed by atoms with Crippen LogP contribution in [0.4, 0.5) is 5.69 Å². The molecule has 1 saturated heterocycles. The molecule has 1 atom stereocenters. The Labute approximate surface area is 177 Å². The number of rotatable bonds is 6. The van der Waals surface area contributed by atoms with E-state index in [1.54, 1.807) is 30.3 Å². The Morgan fingerprint density at radius 2 is 1.67 bits per heavy atom. The van der Waals surface area contributed by atoms with Crippen LogP contribution in [-0.2, 0) is 14.9 Å². The molecule has 6 heteroatoms. The maximum Gasteiger partial charge on any atom is 0.339 e. The van der Waals surface area contributed by atoms with Crippen molar-refractivity contribution < 1.29 is 17.3 Å². The van der Waals surface area contributed by atoms with E-state index in [1.165, 1.54) is 12.1 Å². The van der Waals surface area contributed by atoms with Crippen molar-refractivity contribution in [2.75, 3.05) is 24.6 Å². The molecule has 1 fully saturated rings. The van der Waals surface area contributed by atoms with E-state index < -0.39 is 10.1 Å². The molecule has 0 unspecified atom stereocenters. The molecule has 0 saturated carbocycles. The van der Waals surface area contributed by atoms with Gasteiger partial charge in [0.05, 0.1) is 6.61 Å². The summed E-state index contributed by atoms with van der Waals surface area (Å²) in [6.07, 6.45) is 1.75. The first-order valence-corrected chi connectivity index (χ1v) is 11.2. The summed E-state index contributed by atoms with van der Waals surface area (Å²) in [6, 6.07) is 23.3. The van der Waals surface area contributed by atoms with E-state index in [0.717, 1.165) is 23.4 Å². The SMILES string of the molecule is C=Cc1ccccc1N1CCO[C@H](c2ccc(OS(=O)(=O)c3ccccc3)cc2)C1. The first kappa shape index (κ1) is 20.2. The predicted octanol–water partition coefficient (Wildman–Crippen LogP) is 4.68. The van der Waals surface area contributed by atoms with Crippen LogP contribution in [0.25, 0.3) is 6.08 Å². The minimum Gasteiger partial charge on any atom is -0.379 e. The van der Waals surface area contributed by atoms with Crippen molar-refractivity contribution in [1.29, 1.82) is 0 Å². The predicted molar refractivity (Wildman–Crippen MR) is 118 cm³/mol. The van der Waals surface area contributed by atoms with Gasteiger partial charge in [-0.2, -0.15) is 8.42 Å². The lowest BCUT2D eigenvalue weighted by Crippen LogP contribution is -2.38. The summed E-state index contributed by atoms with van der Waals surface area (Å²) in [5, 5.41) is 0. The van der Waals surface area contributed by atoms with Gasteiger partial charge in [-0.3, -0.25) is 0 Å². The highest BCUT2D eigenvalue weighted by Gasteiger charge is 2.24. The molecular formula is C24H23NO4S. The smallest absolute Gasteiger partial charge is 0.339 e. The number of benzene rings is 3. The second kappa shape index (κ2) is 8.73. The van der Waals surface area contributed by atoms with Gasteiger partial charge in [-0.25, -0.2) is 0 Å². The summed E-state index contributed by atoms with van der Waals surface area (Å²) < 4.78 is 36.0. The van der Waals surface area contributed by atoms with Gasteiger partial charge in [-0.05, 0) is 41.5 Å². The summed E-state index contributed by atoms with van der Waals surface area (Å²) in [5.74, 6) is 0.271. The summed E-state index contributed by atoms with van der Waals surface area (Å²) in [4.78, 5) is 2.41. The number of para-hydroxylation sites is 1. The van der Waals surface area contributed by atoms with Gasteiger partial charge in [0.2, 0.25) is 0 Å². The Bertz CT molecular complexity index is 1110. The van der Waals surface area contributed by atoms with Crippen LogP contribution in [0, 0.1) is 0 Å². The molecular weight excluding hydrogens is 398 g/mol. The fraction of sp³-hybridized carbons (Fsp3) is 0.167. The third-order valence-electron chi connectivity index (χ3n) is 5.05. The van der Waals surface area contributed by atoms with E-state index in [0.29, 0.717) is 13.2 Å². The van der Waals surface area contributed by atoms with Crippen LogP contribution < -0.4 is 9.08 Å². The molecule has 0 radical (unpaired) electrons. The molecule has 3 aromatic rings. The molecule has 0 N–H and O–H groups in total. The molecule has 1 heterocycles. The first-order chi connectivity index (χ1) is 14.6. The van der Waals surface area contributed by atoms with Gasteiger partial charge in [0.25, 0.3) is 0 Å². The zero-order valence-electron chi connectivity index (χ0n) is 16.5. The van der Waals surface area contributed by atoms with Crippen molar-refractivity contribution in [2.45, 2.75) is 11.0 Å². The Morgan fingerprint density at radius 3 is 2.40 bits per heavy atom. The molecule has 4 rings (SSSR count). The topological polar surface area (TPSA) is 55.8 Å². The van der Waals surface area contributed by atoms with E-state index in [2.05, 4.69) is 17.5 Å². The van der Waals surface area contributed by atoms with Crippen LogP contribution in [0.1, 0.15) is 17.2 Å². The van der Waals surface area contributed by atoms with Crippen LogP contribution in [0.3, 0.4) is 0 Å². The summed E-state index contributed by atoms with van der Waals surface area (Å²) >= 11 is 0. The zero-order chi connectivity index (χ0) is 21.0. The first-order valence-electron chi connectivity index (χ1n) is 9.74. The van der Waals surface area contributed by atoms with E-state index in [9.17, 15) is 8.42 Å². The van der Waals surface area contributed by atoms with E-state index in [1.807, 2.05) is 36.4 Å². The summed E-state index contributed by atoms with van der Waals surface area (Å²) in [6.45, 7) is 6.02. The van der Waals surface area contributed by atoms with Gasteiger partial charge in [0.15, 0.2) is 0 Å². The fourth-order valence-corrected chi connectivity index (χ4v) is 4.47. The molecule has 0 amide bonds. The van der Waals surface area contributed by atoms with Crippen molar-refractivity contribution in [3.63, 3.8) is 0 Å². The van der Waals surface area contributed by atoms with E-state index in [4.69, 9.17) is 8.92 Å². The molecule has 0 bridgehead atoms. The minimum atomic E-state index is -3.85. The van der Waals surface area contributed by atoms with Crippen molar-refractivity contribution in [2.24, 2.45) is 0 Å². The number of hydrogen-bond donors (Lipinski definition) is 0. The number of hydrogen-bond acceptors (Lipinski definition) is 5. The number of ether oxygens (including phenoxy) is 1. The number of anilines is 1. The van der Waals surface area contributed by atoms with Gasteiger partial charge in [-0.1, -0.05) is 61.2 Å². The normalized spacial score (nSPS) is 16.8. The fourth-order valence-electron chi connectivity index (χ4n) is 3.52. The van der Waals surface area contributed by atoms with Crippen LogP contribution in [0.15, 0.2) is 90.3 Å². The van der Waals surface area contributed by atoms with Crippen molar-refractivity contribution in [3.8, 4) is 5.75 Å². The minimum absolute atomic E-state index is 0.114. The lowest BCUT2D eigenvalue weighted by atomic mass is 10.1. The second-order valence-electron chi connectivity index (χ2n) is 6.99. The van der Waals surface area contributed by atoms with Crippen LogP contribution in [-0.4, -0.2) is 28.1 Å². The molecule has 0 spiro atoms. The van der Waals surface area contributed by atoms with Crippen molar-refractivity contribution in [1.82, 2.24) is 0 Å².